The normalized spacial score (nSPS) is 13.1. The van der Waals surface area contributed by atoms with E-state index >= 15 is 0 Å². The quantitative estimate of drug-likeness (QED) is 0.437. The fourth-order valence-corrected chi connectivity index (χ4v) is 1.62. The zero-order valence-electron chi connectivity index (χ0n) is 10.4. The average molecular weight is 249 g/mol. The molecule has 1 aromatic carbocycles. The van der Waals surface area contributed by atoms with Gasteiger partial charge in [-0.15, -0.1) is 0 Å². The van der Waals surface area contributed by atoms with Gasteiger partial charge in [0.1, 0.15) is 6.29 Å². The summed E-state index contributed by atoms with van der Waals surface area (Å²) in [5.41, 5.74) is 1.97. The highest BCUT2D eigenvalue weighted by Crippen LogP contribution is 2.26. The molecule has 90 valence electrons. The molecule has 0 aliphatic heterocycles. The van der Waals surface area contributed by atoms with E-state index in [0.29, 0.717) is 5.02 Å². The van der Waals surface area contributed by atoms with Crippen LogP contribution in [0.25, 0.3) is 6.08 Å². The number of hydrogen-bond acceptors (Lipinski definition) is 1. The van der Waals surface area contributed by atoms with E-state index in [-0.39, 0.29) is 5.41 Å². The minimum atomic E-state index is -0.0456. The molecule has 0 spiro atoms. The first-order valence-corrected chi connectivity index (χ1v) is 5.91. The third-order valence-electron chi connectivity index (χ3n) is 2.42. The van der Waals surface area contributed by atoms with Crippen LogP contribution in [0.4, 0.5) is 0 Å². The second-order valence-corrected chi connectivity index (χ2v) is 5.33. The monoisotopic (exact) mass is 248 g/mol. The SMILES string of the molecule is CC(C)(C)C(/C=C/c1cccc(Cl)c1)=C/C=O. The van der Waals surface area contributed by atoms with Gasteiger partial charge < -0.3 is 0 Å². The number of carbonyl (C=O) groups excluding carboxylic acids is 1. The lowest BCUT2D eigenvalue weighted by Gasteiger charge is -2.19. The number of carbonyl (C=O) groups is 1. The number of hydrogen-bond donors (Lipinski definition) is 0. The van der Waals surface area contributed by atoms with Crippen LogP contribution in [0.3, 0.4) is 0 Å². The Morgan fingerprint density at radius 2 is 2.00 bits per heavy atom. The predicted octanol–water partition coefficient (Wildman–Crippen LogP) is 4.52. The molecule has 0 aromatic heterocycles. The Kier molecular flexibility index (Phi) is 4.71. The number of benzene rings is 1. The van der Waals surface area contributed by atoms with Crippen molar-refractivity contribution in [2.75, 3.05) is 0 Å². The third-order valence-corrected chi connectivity index (χ3v) is 2.65. The molecule has 0 atom stereocenters. The van der Waals surface area contributed by atoms with Crippen molar-refractivity contribution in [3.63, 3.8) is 0 Å². The minimum absolute atomic E-state index is 0.0456. The van der Waals surface area contributed by atoms with Crippen LogP contribution in [-0.4, -0.2) is 6.29 Å². The standard InChI is InChI=1S/C15H17ClO/c1-15(2,3)13(9-10-17)8-7-12-5-4-6-14(16)11-12/h4-11H,1-3H3/b8-7+,13-9+. The molecule has 0 N–H and O–H groups in total. The van der Waals surface area contributed by atoms with E-state index in [1.807, 2.05) is 36.4 Å². The highest BCUT2D eigenvalue weighted by molar-refractivity contribution is 6.30. The van der Waals surface area contributed by atoms with Crippen molar-refractivity contribution in [3.05, 3.63) is 52.6 Å². The Morgan fingerprint density at radius 3 is 2.53 bits per heavy atom. The summed E-state index contributed by atoms with van der Waals surface area (Å²) in [6, 6.07) is 7.61. The second kappa shape index (κ2) is 5.83. The molecule has 0 heterocycles. The first-order chi connectivity index (χ1) is 7.93. The van der Waals surface area contributed by atoms with Gasteiger partial charge in [0.2, 0.25) is 0 Å². The summed E-state index contributed by atoms with van der Waals surface area (Å²) in [5, 5.41) is 0.712. The minimum Gasteiger partial charge on any atom is -0.299 e. The van der Waals surface area contributed by atoms with Gasteiger partial charge in [-0.2, -0.15) is 0 Å². The lowest BCUT2D eigenvalue weighted by Crippen LogP contribution is -2.07. The molecular formula is C15H17ClO. The molecule has 0 fully saturated rings. The van der Waals surface area contributed by atoms with Crippen LogP contribution in [0.1, 0.15) is 26.3 Å². The third kappa shape index (κ3) is 4.58. The molecule has 0 saturated heterocycles. The maximum absolute atomic E-state index is 10.6. The van der Waals surface area contributed by atoms with Crippen LogP contribution in [0.5, 0.6) is 0 Å². The molecule has 0 amide bonds. The molecular weight excluding hydrogens is 232 g/mol. The van der Waals surface area contributed by atoms with Crippen LogP contribution >= 0.6 is 11.6 Å². The highest BCUT2D eigenvalue weighted by Gasteiger charge is 2.13. The first kappa shape index (κ1) is 13.7. The first-order valence-electron chi connectivity index (χ1n) is 5.53. The van der Waals surface area contributed by atoms with Crippen molar-refractivity contribution in [1.29, 1.82) is 0 Å². The lowest BCUT2D eigenvalue weighted by molar-refractivity contribution is -0.104. The Balaban J connectivity index is 2.96. The van der Waals surface area contributed by atoms with Gasteiger partial charge in [0.25, 0.3) is 0 Å². The molecule has 2 heteroatoms. The molecule has 0 aliphatic rings. The topological polar surface area (TPSA) is 17.1 Å². The number of aldehydes is 1. The van der Waals surface area contributed by atoms with E-state index in [2.05, 4.69) is 20.8 Å². The maximum Gasteiger partial charge on any atom is 0.143 e. The predicted molar refractivity (Wildman–Crippen MR) is 74.1 cm³/mol. The van der Waals surface area contributed by atoms with Crippen molar-refractivity contribution in [2.45, 2.75) is 20.8 Å². The molecule has 0 radical (unpaired) electrons. The van der Waals surface area contributed by atoms with Crippen LogP contribution in [0.2, 0.25) is 5.02 Å². The van der Waals surface area contributed by atoms with Crippen LogP contribution in [-0.2, 0) is 4.79 Å². The number of allylic oxidation sites excluding steroid dienone is 3. The summed E-state index contributed by atoms with van der Waals surface area (Å²) in [7, 11) is 0. The molecule has 1 aromatic rings. The largest absolute Gasteiger partial charge is 0.299 e. The molecule has 0 unspecified atom stereocenters. The summed E-state index contributed by atoms with van der Waals surface area (Å²) in [5.74, 6) is 0. The highest BCUT2D eigenvalue weighted by atomic mass is 35.5. The van der Waals surface area contributed by atoms with E-state index in [4.69, 9.17) is 11.6 Å². The smallest absolute Gasteiger partial charge is 0.143 e. The number of rotatable bonds is 3. The van der Waals surface area contributed by atoms with E-state index in [0.717, 1.165) is 17.4 Å². The molecule has 0 saturated carbocycles. The van der Waals surface area contributed by atoms with Gasteiger partial charge in [0.15, 0.2) is 0 Å². The van der Waals surface area contributed by atoms with E-state index in [1.54, 1.807) is 6.08 Å². The van der Waals surface area contributed by atoms with Crippen molar-refractivity contribution in [2.24, 2.45) is 5.41 Å². The molecule has 0 bridgehead atoms. The van der Waals surface area contributed by atoms with Crippen LogP contribution in [0, 0.1) is 5.41 Å². The molecule has 17 heavy (non-hydrogen) atoms. The summed E-state index contributed by atoms with van der Waals surface area (Å²) >= 11 is 5.91. The zero-order valence-corrected chi connectivity index (χ0v) is 11.2. The van der Waals surface area contributed by atoms with E-state index in [9.17, 15) is 4.79 Å². The fourth-order valence-electron chi connectivity index (χ4n) is 1.43. The van der Waals surface area contributed by atoms with Crippen LogP contribution in [0.15, 0.2) is 42.0 Å². The average Bonchev–Trinajstić information content (AvgIpc) is 2.22. The van der Waals surface area contributed by atoms with Gasteiger partial charge in [0.05, 0.1) is 0 Å². The molecule has 1 rings (SSSR count). The fraction of sp³-hybridized carbons (Fsp3) is 0.267. The summed E-state index contributed by atoms with van der Waals surface area (Å²) < 4.78 is 0. The van der Waals surface area contributed by atoms with E-state index < -0.39 is 0 Å². The Bertz CT molecular complexity index is 450. The van der Waals surface area contributed by atoms with Crippen molar-refractivity contribution in [3.8, 4) is 0 Å². The van der Waals surface area contributed by atoms with Crippen molar-refractivity contribution in [1.82, 2.24) is 0 Å². The Hall–Kier alpha value is -1.34. The Labute approximate surface area is 108 Å². The van der Waals surface area contributed by atoms with Gasteiger partial charge in [-0.3, -0.25) is 4.79 Å². The van der Waals surface area contributed by atoms with Crippen molar-refractivity contribution < 1.29 is 4.79 Å². The summed E-state index contributed by atoms with van der Waals surface area (Å²) in [6.07, 6.45) is 6.34. The van der Waals surface area contributed by atoms with Crippen LogP contribution < -0.4 is 0 Å². The summed E-state index contributed by atoms with van der Waals surface area (Å²) in [6.45, 7) is 6.22. The Morgan fingerprint density at radius 1 is 1.29 bits per heavy atom. The number of halogens is 1. The molecule has 1 nitrogen and oxygen atoms in total. The van der Waals surface area contributed by atoms with Gasteiger partial charge in [-0.25, -0.2) is 0 Å². The van der Waals surface area contributed by atoms with Crippen molar-refractivity contribution >= 4 is 24.0 Å². The summed E-state index contributed by atoms with van der Waals surface area (Å²) in [4.78, 5) is 10.6. The van der Waals surface area contributed by atoms with Gasteiger partial charge in [-0.1, -0.05) is 56.7 Å². The van der Waals surface area contributed by atoms with Gasteiger partial charge >= 0.3 is 0 Å². The lowest BCUT2D eigenvalue weighted by atomic mass is 9.86. The van der Waals surface area contributed by atoms with E-state index in [1.165, 1.54) is 0 Å². The zero-order chi connectivity index (χ0) is 12.9. The van der Waals surface area contributed by atoms with Gasteiger partial charge in [0, 0.05) is 5.02 Å². The van der Waals surface area contributed by atoms with Gasteiger partial charge in [-0.05, 0) is 34.8 Å². The second-order valence-electron chi connectivity index (χ2n) is 4.90. The maximum atomic E-state index is 10.6. The molecule has 0 aliphatic carbocycles.